The van der Waals surface area contributed by atoms with E-state index < -0.39 is 0 Å². The second kappa shape index (κ2) is 4.78. The van der Waals surface area contributed by atoms with Gasteiger partial charge >= 0.3 is 0 Å². The number of hydrogen-bond donors (Lipinski definition) is 1. The molecule has 2 aliphatic rings. The number of hydrogen-bond acceptors (Lipinski definition) is 4. The van der Waals surface area contributed by atoms with Crippen LogP contribution in [-0.4, -0.2) is 36.1 Å². The fraction of sp³-hybridized carbons (Fsp3) is 0.700. The Balaban J connectivity index is 0.000000853. The summed E-state index contributed by atoms with van der Waals surface area (Å²) >= 11 is 1.77. The van der Waals surface area contributed by atoms with E-state index in [4.69, 9.17) is 0 Å². The van der Waals surface area contributed by atoms with E-state index in [1.165, 1.54) is 31.2 Å². The van der Waals surface area contributed by atoms with E-state index in [2.05, 4.69) is 20.6 Å². The van der Waals surface area contributed by atoms with Gasteiger partial charge < -0.3 is 5.32 Å². The van der Waals surface area contributed by atoms with Crippen LogP contribution in [0.25, 0.3) is 0 Å². The minimum atomic E-state index is 0. The molecular weight excluding hydrogens is 230 g/mol. The molecule has 0 aliphatic carbocycles. The van der Waals surface area contributed by atoms with Crippen LogP contribution in [0.4, 0.5) is 0 Å². The average molecular weight is 246 g/mol. The lowest BCUT2D eigenvalue weighted by Gasteiger charge is -2.14. The summed E-state index contributed by atoms with van der Waals surface area (Å²) in [6.45, 7) is 6.03. The maximum atomic E-state index is 4.33. The summed E-state index contributed by atoms with van der Waals surface area (Å²) in [5.41, 5.74) is 0. The zero-order valence-electron chi connectivity index (χ0n) is 8.56. The van der Waals surface area contributed by atoms with Crippen LogP contribution in [0.3, 0.4) is 0 Å². The Kier molecular flexibility index (Phi) is 3.61. The largest absolute Gasteiger partial charge is 0.316 e. The highest BCUT2D eigenvalue weighted by molar-refractivity contribution is 7.09. The molecule has 0 saturated carbocycles. The van der Waals surface area contributed by atoms with Crippen LogP contribution in [-0.2, 0) is 6.54 Å². The highest BCUT2D eigenvalue weighted by atomic mass is 35.5. The number of halogens is 1. The van der Waals surface area contributed by atoms with Gasteiger partial charge in [0.25, 0.3) is 0 Å². The number of nitrogens with zero attached hydrogens (tertiary/aromatic N) is 2. The van der Waals surface area contributed by atoms with Gasteiger partial charge in [0.15, 0.2) is 0 Å². The molecule has 1 aromatic heterocycles. The molecule has 0 spiro atoms. The van der Waals surface area contributed by atoms with Crippen molar-refractivity contribution in [1.82, 2.24) is 15.2 Å². The van der Waals surface area contributed by atoms with Crippen molar-refractivity contribution in [2.45, 2.75) is 6.54 Å². The summed E-state index contributed by atoms with van der Waals surface area (Å²) in [5, 5.41) is 6.79. The number of nitrogens with one attached hydrogen (secondary N) is 1. The van der Waals surface area contributed by atoms with Crippen LogP contribution in [0.1, 0.15) is 5.01 Å². The number of rotatable bonds is 2. The van der Waals surface area contributed by atoms with Crippen molar-refractivity contribution in [2.75, 3.05) is 26.2 Å². The highest BCUT2D eigenvalue weighted by Gasteiger charge is 2.35. The lowest BCUT2D eigenvalue weighted by molar-refractivity contribution is 0.305. The molecule has 84 valence electrons. The van der Waals surface area contributed by atoms with E-state index >= 15 is 0 Å². The van der Waals surface area contributed by atoms with Crippen molar-refractivity contribution in [3.05, 3.63) is 16.6 Å². The molecular formula is C10H16ClN3S. The first-order valence-corrected chi connectivity index (χ1v) is 6.11. The summed E-state index contributed by atoms with van der Waals surface area (Å²) in [5.74, 6) is 1.80. The molecule has 15 heavy (non-hydrogen) atoms. The molecule has 2 aliphatic heterocycles. The van der Waals surface area contributed by atoms with E-state index in [-0.39, 0.29) is 12.4 Å². The van der Waals surface area contributed by atoms with Crippen molar-refractivity contribution in [2.24, 2.45) is 11.8 Å². The van der Waals surface area contributed by atoms with Gasteiger partial charge in [-0.1, -0.05) is 0 Å². The van der Waals surface area contributed by atoms with Gasteiger partial charge in [-0.15, -0.1) is 23.7 Å². The van der Waals surface area contributed by atoms with Gasteiger partial charge in [0.2, 0.25) is 0 Å². The van der Waals surface area contributed by atoms with Gasteiger partial charge in [0, 0.05) is 24.7 Å². The molecule has 1 aromatic rings. The molecule has 0 bridgehead atoms. The summed E-state index contributed by atoms with van der Waals surface area (Å²) in [6, 6.07) is 0. The Hall–Kier alpha value is -0.160. The number of aromatic nitrogens is 1. The van der Waals surface area contributed by atoms with Gasteiger partial charge in [-0.2, -0.15) is 0 Å². The molecule has 0 amide bonds. The van der Waals surface area contributed by atoms with Gasteiger partial charge in [0.05, 0.1) is 6.54 Å². The van der Waals surface area contributed by atoms with Gasteiger partial charge in [-0.25, -0.2) is 4.98 Å². The predicted molar refractivity (Wildman–Crippen MR) is 64.5 cm³/mol. The van der Waals surface area contributed by atoms with E-state index in [0.717, 1.165) is 18.4 Å². The number of thiazole rings is 1. The van der Waals surface area contributed by atoms with Crippen LogP contribution >= 0.6 is 23.7 Å². The standard InChI is InChI=1S/C10H15N3S.ClH/c1-2-14-10(12-1)7-13-5-8-3-11-4-9(8)6-13;/h1-2,8-9,11H,3-7H2;1H/t8-,9+;. The monoisotopic (exact) mass is 245 g/mol. The van der Waals surface area contributed by atoms with Crippen molar-refractivity contribution in [3.63, 3.8) is 0 Å². The fourth-order valence-electron chi connectivity index (χ4n) is 2.60. The van der Waals surface area contributed by atoms with E-state index in [1.807, 2.05) is 6.20 Å². The Labute approximate surface area is 100 Å². The summed E-state index contributed by atoms with van der Waals surface area (Å²) < 4.78 is 0. The minimum Gasteiger partial charge on any atom is -0.316 e. The summed E-state index contributed by atoms with van der Waals surface area (Å²) in [6.07, 6.45) is 1.90. The van der Waals surface area contributed by atoms with Crippen LogP contribution in [0, 0.1) is 11.8 Å². The molecule has 1 N–H and O–H groups in total. The molecule has 2 saturated heterocycles. The minimum absolute atomic E-state index is 0. The zero-order chi connectivity index (χ0) is 9.38. The average Bonchev–Trinajstić information content (AvgIpc) is 2.78. The molecule has 3 nitrogen and oxygen atoms in total. The van der Waals surface area contributed by atoms with Gasteiger partial charge in [0.1, 0.15) is 5.01 Å². The molecule has 3 rings (SSSR count). The Morgan fingerprint density at radius 3 is 2.73 bits per heavy atom. The van der Waals surface area contributed by atoms with Crippen LogP contribution in [0.2, 0.25) is 0 Å². The summed E-state index contributed by atoms with van der Waals surface area (Å²) in [4.78, 5) is 6.89. The first kappa shape index (κ1) is 11.3. The second-order valence-electron chi connectivity index (χ2n) is 4.30. The predicted octanol–water partition coefficient (Wildman–Crippen LogP) is 1.22. The van der Waals surface area contributed by atoms with Crippen molar-refractivity contribution in [3.8, 4) is 0 Å². The quantitative estimate of drug-likeness (QED) is 0.849. The molecule has 3 heterocycles. The Bertz CT molecular complexity index is 292. The third-order valence-corrected chi connectivity index (χ3v) is 4.07. The van der Waals surface area contributed by atoms with Crippen LogP contribution < -0.4 is 5.32 Å². The molecule has 0 unspecified atom stereocenters. The summed E-state index contributed by atoms with van der Waals surface area (Å²) in [7, 11) is 0. The third-order valence-electron chi connectivity index (χ3n) is 3.31. The maximum Gasteiger partial charge on any atom is 0.107 e. The number of likely N-dealkylation sites (tertiary alicyclic amines) is 1. The molecule has 0 aromatic carbocycles. The van der Waals surface area contributed by atoms with Crippen LogP contribution in [0.15, 0.2) is 11.6 Å². The topological polar surface area (TPSA) is 28.2 Å². The van der Waals surface area contributed by atoms with E-state index in [1.54, 1.807) is 11.3 Å². The molecule has 2 atom stereocenters. The third kappa shape index (κ3) is 2.33. The van der Waals surface area contributed by atoms with Gasteiger partial charge in [-0.3, -0.25) is 4.90 Å². The fourth-order valence-corrected chi connectivity index (χ4v) is 3.26. The van der Waals surface area contributed by atoms with Crippen molar-refractivity contribution in [1.29, 1.82) is 0 Å². The SMILES string of the molecule is Cl.c1csc(CN2C[C@H]3CNC[C@H]3C2)n1. The van der Waals surface area contributed by atoms with Crippen LogP contribution in [0.5, 0.6) is 0 Å². The lowest BCUT2D eigenvalue weighted by atomic mass is 10.0. The first-order chi connectivity index (χ1) is 6.92. The smallest absolute Gasteiger partial charge is 0.107 e. The van der Waals surface area contributed by atoms with E-state index in [9.17, 15) is 0 Å². The van der Waals surface area contributed by atoms with Gasteiger partial charge in [-0.05, 0) is 24.9 Å². The first-order valence-electron chi connectivity index (χ1n) is 5.23. The Morgan fingerprint density at radius 2 is 2.13 bits per heavy atom. The molecule has 0 radical (unpaired) electrons. The second-order valence-corrected chi connectivity index (χ2v) is 5.28. The van der Waals surface area contributed by atoms with Crippen molar-refractivity contribution < 1.29 is 0 Å². The highest BCUT2D eigenvalue weighted by Crippen LogP contribution is 2.27. The Morgan fingerprint density at radius 1 is 1.40 bits per heavy atom. The number of fused-ring (bicyclic) bond motifs is 1. The lowest BCUT2D eigenvalue weighted by Crippen LogP contribution is -2.25. The molecule has 2 fully saturated rings. The molecule has 5 heteroatoms. The zero-order valence-corrected chi connectivity index (χ0v) is 10.2. The van der Waals surface area contributed by atoms with Crippen molar-refractivity contribution >= 4 is 23.7 Å². The maximum absolute atomic E-state index is 4.33. The normalized spacial score (nSPS) is 30.1. The van der Waals surface area contributed by atoms with E-state index in [0.29, 0.717) is 0 Å².